The number of carbonyl (C=O) groups excluding carboxylic acids is 4. The van der Waals surface area contributed by atoms with Crippen molar-refractivity contribution in [2.75, 3.05) is 0 Å². The van der Waals surface area contributed by atoms with Crippen LogP contribution in [0.3, 0.4) is 0 Å². The second-order valence-electron chi connectivity index (χ2n) is 10.1. The Labute approximate surface area is 222 Å². The molecule has 1 aromatic carbocycles. The number of rotatable bonds is 5. The van der Waals surface area contributed by atoms with Gasteiger partial charge in [-0.25, -0.2) is 0 Å². The van der Waals surface area contributed by atoms with Crippen LogP contribution in [0.5, 0.6) is 5.75 Å². The highest BCUT2D eigenvalue weighted by Gasteiger charge is 2.60. The molecule has 1 saturated carbocycles. The molecule has 11 nitrogen and oxygen atoms in total. The molecule has 7 N–H and O–H groups in total. The van der Waals surface area contributed by atoms with Gasteiger partial charge in [0.05, 0.1) is 11.1 Å². The number of ketones is 2. The molecule has 1 fully saturated rings. The predicted octanol–water partition coefficient (Wildman–Crippen LogP) is 1.31. The quantitative estimate of drug-likeness (QED) is 0.307. The maximum absolute atomic E-state index is 13.7. The van der Waals surface area contributed by atoms with Gasteiger partial charge in [-0.3, -0.25) is 24.2 Å². The largest absolute Gasteiger partial charge is 0.508 e. The molecule has 11 heteroatoms. The van der Waals surface area contributed by atoms with E-state index in [9.17, 15) is 39.6 Å². The fourth-order valence-corrected chi connectivity index (χ4v) is 6.05. The number of primary amides is 1. The smallest absolute Gasteiger partial charge is 0.255 e. The standard InChI is InChI=1S/C28H27N3O8/c1-2-12-6-15(11-31-27(38)13-4-3-5-30-10-13)22(33)20-17(12)8-14-7-16-9-18(32)21(26(29)37)25(36)28(16,39)24(35)19(14)23(20)34/h3-6,10,14,16,33-34,36,39H,2,7-9,11H2,1H3,(H2,29,37)(H,31,38)/t14-,16+,28+/m1/s1. The summed E-state index contributed by atoms with van der Waals surface area (Å²) >= 11 is 0. The minimum atomic E-state index is -2.62. The van der Waals surface area contributed by atoms with Crippen molar-refractivity contribution in [3.63, 3.8) is 0 Å². The molecule has 2 amide bonds. The van der Waals surface area contributed by atoms with Gasteiger partial charge in [0.25, 0.3) is 11.8 Å². The molecule has 0 unspecified atom stereocenters. The van der Waals surface area contributed by atoms with Crippen LogP contribution in [-0.2, 0) is 33.8 Å². The zero-order valence-electron chi connectivity index (χ0n) is 21.0. The highest BCUT2D eigenvalue weighted by Crippen LogP contribution is 2.52. The topological polar surface area (TPSA) is 200 Å². The van der Waals surface area contributed by atoms with Gasteiger partial charge in [0.1, 0.15) is 22.8 Å². The van der Waals surface area contributed by atoms with Gasteiger partial charge in [-0.2, -0.15) is 0 Å². The van der Waals surface area contributed by atoms with Crippen LogP contribution in [-0.4, -0.2) is 54.4 Å². The summed E-state index contributed by atoms with van der Waals surface area (Å²) in [5.41, 5.74) is 3.59. The van der Waals surface area contributed by atoms with Crippen molar-refractivity contribution in [2.24, 2.45) is 17.6 Å². The lowest BCUT2D eigenvalue weighted by atomic mass is 9.59. The Hall–Kier alpha value is -4.51. The number of carbonyl (C=O) groups is 4. The second kappa shape index (κ2) is 9.35. The Morgan fingerprint density at radius 1 is 1.18 bits per heavy atom. The lowest BCUT2D eigenvalue weighted by Gasteiger charge is -2.46. The molecule has 0 spiro atoms. The highest BCUT2D eigenvalue weighted by atomic mass is 16.3. The number of aliphatic hydroxyl groups excluding tert-OH is 2. The van der Waals surface area contributed by atoms with Crippen LogP contribution < -0.4 is 11.1 Å². The fraction of sp³-hybridized carbons (Fsp3) is 0.321. The number of hydrogen-bond donors (Lipinski definition) is 6. The first kappa shape index (κ1) is 26.1. The number of fused-ring (bicyclic) bond motifs is 3. The molecule has 5 rings (SSSR count). The number of phenols is 1. The zero-order chi connectivity index (χ0) is 28.2. The second-order valence-corrected chi connectivity index (χ2v) is 10.1. The molecule has 2 aromatic rings. The number of nitrogens with one attached hydrogen (secondary N) is 1. The number of benzene rings is 1. The third kappa shape index (κ3) is 3.88. The molecule has 0 bridgehead atoms. The summed E-state index contributed by atoms with van der Waals surface area (Å²) in [4.78, 5) is 54.4. The first-order valence-corrected chi connectivity index (χ1v) is 12.5. The highest BCUT2D eigenvalue weighted by molar-refractivity contribution is 6.22. The average molecular weight is 534 g/mol. The molecular weight excluding hydrogens is 506 g/mol. The van der Waals surface area contributed by atoms with Crippen molar-refractivity contribution < 1.29 is 39.6 Å². The van der Waals surface area contributed by atoms with Crippen LogP contribution in [0.25, 0.3) is 5.76 Å². The summed E-state index contributed by atoms with van der Waals surface area (Å²) in [6, 6.07) is 4.93. The molecule has 3 atom stereocenters. The molecule has 0 radical (unpaired) electrons. The summed E-state index contributed by atoms with van der Waals surface area (Å²) in [6.45, 7) is 1.80. The van der Waals surface area contributed by atoms with E-state index in [-0.39, 0.29) is 42.7 Å². The molecule has 3 aliphatic rings. The van der Waals surface area contributed by atoms with Crippen molar-refractivity contribution in [3.05, 3.63) is 75.3 Å². The Kier molecular flexibility index (Phi) is 6.26. The Morgan fingerprint density at radius 3 is 2.56 bits per heavy atom. The van der Waals surface area contributed by atoms with Gasteiger partial charge >= 0.3 is 0 Å². The monoisotopic (exact) mass is 533 g/mol. The van der Waals surface area contributed by atoms with Gasteiger partial charge in [0, 0.05) is 42.4 Å². The molecule has 0 saturated heterocycles. The van der Waals surface area contributed by atoms with E-state index in [0.717, 1.165) is 5.56 Å². The van der Waals surface area contributed by atoms with Gasteiger partial charge in [0.2, 0.25) is 5.78 Å². The normalized spacial score (nSPS) is 24.2. The maximum atomic E-state index is 13.7. The summed E-state index contributed by atoms with van der Waals surface area (Å²) in [7, 11) is 0. The maximum Gasteiger partial charge on any atom is 0.255 e. The zero-order valence-corrected chi connectivity index (χ0v) is 21.0. The lowest BCUT2D eigenvalue weighted by Crippen LogP contribution is -2.58. The molecule has 39 heavy (non-hydrogen) atoms. The van der Waals surface area contributed by atoms with Crippen LogP contribution in [0, 0.1) is 11.8 Å². The number of phenolic OH excluding ortho intramolecular Hbond substituents is 1. The van der Waals surface area contributed by atoms with E-state index in [4.69, 9.17) is 5.73 Å². The number of amides is 2. The van der Waals surface area contributed by atoms with Crippen molar-refractivity contribution >= 4 is 29.1 Å². The Bertz CT molecular complexity index is 1510. The summed E-state index contributed by atoms with van der Waals surface area (Å²) in [5.74, 6) is -7.15. The number of pyridine rings is 1. The number of aromatic hydroxyl groups is 1. The number of hydrogen-bond acceptors (Lipinski definition) is 9. The summed E-state index contributed by atoms with van der Waals surface area (Å²) in [6.07, 6.45) is 3.37. The molecule has 1 aromatic heterocycles. The minimum Gasteiger partial charge on any atom is -0.508 e. The molecule has 3 aliphatic carbocycles. The van der Waals surface area contributed by atoms with E-state index >= 15 is 0 Å². The number of aliphatic hydroxyl groups is 3. The number of Topliss-reactive ketones (excluding diaryl/α,β-unsaturated/α-hetero) is 2. The van der Waals surface area contributed by atoms with Gasteiger partial charge in [-0.15, -0.1) is 0 Å². The number of aromatic nitrogens is 1. The molecule has 1 heterocycles. The van der Waals surface area contributed by atoms with Crippen LogP contribution in [0.1, 0.15) is 52.4 Å². The van der Waals surface area contributed by atoms with Crippen LogP contribution in [0.15, 0.2) is 47.5 Å². The summed E-state index contributed by atoms with van der Waals surface area (Å²) < 4.78 is 0. The predicted molar refractivity (Wildman–Crippen MR) is 136 cm³/mol. The van der Waals surface area contributed by atoms with E-state index in [0.29, 0.717) is 23.1 Å². The van der Waals surface area contributed by atoms with E-state index in [1.54, 1.807) is 18.2 Å². The first-order chi connectivity index (χ1) is 18.5. The Morgan fingerprint density at radius 2 is 1.92 bits per heavy atom. The van der Waals surface area contributed by atoms with Crippen molar-refractivity contribution in [3.8, 4) is 5.75 Å². The van der Waals surface area contributed by atoms with E-state index < -0.39 is 57.9 Å². The summed E-state index contributed by atoms with van der Waals surface area (Å²) in [5, 5.41) is 47.3. The minimum absolute atomic E-state index is 0.00658. The lowest BCUT2D eigenvalue weighted by molar-refractivity contribution is -0.147. The van der Waals surface area contributed by atoms with Crippen molar-refractivity contribution in [1.29, 1.82) is 0 Å². The van der Waals surface area contributed by atoms with Gasteiger partial charge < -0.3 is 31.5 Å². The van der Waals surface area contributed by atoms with E-state index in [2.05, 4.69) is 10.3 Å². The van der Waals surface area contributed by atoms with Crippen molar-refractivity contribution in [2.45, 2.75) is 44.8 Å². The van der Waals surface area contributed by atoms with Crippen molar-refractivity contribution in [1.82, 2.24) is 10.3 Å². The first-order valence-electron chi connectivity index (χ1n) is 12.5. The number of nitrogens with two attached hydrogens (primary N) is 1. The number of aryl methyl sites for hydroxylation is 1. The average Bonchev–Trinajstić information content (AvgIpc) is 2.90. The van der Waals surface area contributed by atoms with Crippen LogP contribution in [0.2, 0.25) is 0 Å². The van der Waals surface area contributed by atoms with E-state index in [1.165, 1.54) is 12.4 Å². The van der Waals surface area contributed by atoms with E-state index in [1.807, 2.05) is 6.92 Å². The number of nitrogens with zero attached hydrogens (tertiary/aromatic N) is 1. The third-order valence-corrected chi connectivity index (χ3v) is 7.98. The molecule has 0 aliphatic heterocycles. The van der Waals surface area contributed by atoms with Crippen LogP contribution in [0.4, 0.5) is 0 Å². The fourth-order valence-electron chi connectivity index (χ4n) is 6.05. The van der Waals surface area contributed by atoms with Gasteiger partial charge in [0.15, 0.2) is 11.4 Å². The van der Waals surface area contributed by atoms with Gasteiger partial charge in [-0.1, -0.05) is 13.0 Å². The van der Waals surface area contributed by atoms with Crippen LogP contribution >= 0.6 is 0 Å². The third-order valence-electron chi connectivity index (χ3n) is 7.98. The SMILES string of the molecule is CCc1cc(CNC(=O)c2cccnc2)c(O)c2c1C[C@H]1C[C@H]3CC(=O)C(C(N)=O)=C(O)[C@@]3(O)C(=O)C1=C2O. The molecular formula is C28H27N3O8. The Balaban J connectivity index is 1.58. The molecule has 202 valence electrons. The van der Waals surface area contributed by atoms with Gasteiger partial charge in [-0.05, 0) is 48.4 Å².